The number of ether oxygens (including phenoxy) is 2. The zero-order valence-electron chi connectivity index (χ0n) is 24.8. The van der Waals surface area contributed by atoms with Crippen LogP contribution in [0.4, 0.5) is 4.79 Å². The van der Waals surface area contributed by atoms with Crippen molar-refractivity contribution in [3.8, 4) is 16.8 Å². The Balaban J connectivity index is 0.965. The average Bonchev–Trinajstić information content (AvgIpc) is 3.59. The standard InChI is InChI=1S/C40H32N2O3/c43-40(45-25-37-33-11-3-1-9-31(33)32-10-2-4-12-34(32)37)41-29-21-27(22-30(41)24-44-23-29)26-17-19-28(20-18-26)42-38-15-7-5-13-35(38)36-14-6-8-16-39(36)42/h1-21,29-30,37H,22-25H2. The first-order valence-electron chi connectivity index (χ1n) is 15.8. The van der Waals surface area contributed by atoms with Crippen LogP contribution in [0.15, 0.2) is 127 Å². The number of rotatable bonds is 4. The highest BCUT2D eigenvalue weighted by molar-refractivity contribution is 6.09. The highest BCUT2D eigenvalue weighted by Crippen LogP contribution is 2.45. The van der Waals surface area contributed by atoms with Gasteiger partial charge in [-0.05, 0) is 64.1 Å². The van der Waals surface area contributed by atoms with E-state index in [9.17, 15) is 4.79 Å². The van der Waals surface area contributed by atoms with Crippen LogP contribution in [0.2, 0.25) is 0 Å². The lowest BCUT2D eigenvalue weighted by Crippen LogP contribution is -2.56. The number of hydrogen-bond donors (Lipinski definition) is 0. The van der Waals surface area contributed by atoms with Gasteiger partial charge in [-0.2, -0.15) is 0 Å². The lowest BCUT2D eigenvalue weighted by atomic mass is 9.90. The van der Waals surface area contributed by atoms with Crippen LogP contribution >= 0.6 is 0 Å². The van der Waals surface area contributed by atoms with Crippen molar-refractivity contribution in [2.45, 2.75) is 24.4 Å². The van der Waals surface area contributed by atoms with Gasteiger partial charge in [0.1, 0.15) is 6.61 Å². The van der Waals surface area contributed by atoms with Gasteiger partial charge in [0, 0.05) is 22.4 Å². The van der Waals surface area contributed by atoms with Crippen molar-refractivity contribution in [2.24, 2.45) is 0 Å². The third-order valence-electron chi connectivity index (χ3n) is 9.82. The summed E-state index contributed by atoms with van der Waals surface area (Å²) in [6.07, 6.45) is 2.68. The van der Waals surface area contributed by atoms with E-state index in [1.165, 1.54) is 55.2 Å². The van der Waals surface area contributed by atoms with Gasteiger partial charge >= 0.3 is 6.09 Å². The summed E-state index contributed by atoms with van der Waals surface area (Å²) >= 11 is 0. The summed E-state index contributed by atoms with van der Waals surface area (Å²) in [5.41, 5.74) is 10.9. The number of carbonyl (C=O) groups is 1. The minimum absolute atomic E-state index is 0.0430. The molecule has 0 radical (unpaired) electrons. The second kappa shape index (κ2) is 10.5. The Morgan fingerprint density at radius 1 is 0.711 bits per heavy atom. The van der Waals surface area contributed by atoms with Crippen molar-refractivity contribution in [1.29, 1.82) is 0 Å². The molecule has 5 heteroatoms. The van der Waals surface area contributed by atoms with Gasteiger partial charge in [-0.1, -0.05) is 103 Å². The van der Waals surface area contributed by atoms with E-state index in [-0.39, 0.29) is 24.1 Å². The van der Waals surface area contributed by atoms with Gasteiger partial charge in [0.15, 0.2) is 0 Å². The molecule has 1 amide bonds. The van der Waals surface area contributed by atoms with E-state index in [1.54, 1.807) is 0 Å². The fourth-order valence-corrected chi connectivity index (χ4v) is 7.79. The van der Waals surface area contributed by atoms with Crippen LogP contribution in [-0.2, 0) is 9.47 Å². The third kappa shape index (κ3) is 4.22. The maximum absolute atomic E-state index is 13.6. The van der Waals surface area contributed by atoms with Crippen molar-refractivity contribution >= 4 is 33.5 Å². The minimum Gasteiger partial charge on any atom is -0.448 e. The van der Waals surface area contributed by atoms with Crippen molar-refractivity contribution < 1.29 is 14.3 Å². The number of amides is 1. The molecule has 2 bridgehead atoms. The largest absolute Gasteiger partial charge is 0.448 e. The van der Waals surface area contributed by atoms with Gasteiger partial charge in [-0.25, -0.2) is 4.79 Å². The molecule has 0 saturated carbocycles. The first kappa shape index (κ1) is 26.3. The fourth-order valence-electron chi connectivity index (χ4n) is 7.79. The van der Waals surface area contributed by atoms with Gasteiger partial charge in [0.05, 0.1) is 36.3 Å². The van der Waals surface area contributed by atoms with E-state index in [1.807, 2.05) is 4.90 Å². The molecule has 6 aromatic rings. The lowest BCUT2D eigenvalue weighted by Gasteiger charge is -2.44. The molecule has 9 rings (SSSR count). The van der Waals surface area contributed by atoms with Crippen molar-refractivity contribution in [1.82, 2.24) is 9.47 Å². The van der Waals surface area contributed by atoms with Crippen molar-refractivity contribution in [2.75, 3.05) is 19.8 Å². The number of aromatic nitrogens is 1. The summed E-state index contributed by atoms with van der Waals surface area (Å²) in [4.78, 5) is 15.6. The number of benzene rings is 5. The van der Waals surface area contributed by atoms with Gasteiger partial charge in [-0.3, -0.25) is 4.90 Å². The van der Waals surface area contributed by atoms with Crippen LogP contribution < -0.4 is 0 Å². The molecule has 0 spiro atoms. The maximum Gasteiger partial charge on any atom is 0.410 e. The molecule has 5 aromatic carbocycles. The Hall–Kier alpha value is -5.13. The van der Waals surface area contributed by atoms with Gasteiger partial charge in [0.2, 0.25) is 0 Å². The Bertz CT molecular complexity index is 2030. The molecule has 1 saturated heterocycles. The third-order valence-corrected chi connectivity index (χ3v) is 9.82. The number of para-hydroxylation sites is 2. The van der Waals surface area contributed by atoms with E-state index < -0.39 is 0 Å². The molecule has 2 unspecified atom stereocenters. The van der Waals surface area contributed by atoms with Gasteiger partial charge in [-0.15, -0.1) is 0 Å². The van der Waals surface area contributed by atoms with Crippen LogP contribution in [0.25, 0.3) is 44.2 Å². The molecule has 1 fully saturated rings. The SMILES string of the molecule is O=C(OCC1c2ccccc2-c2ccccc21)N1C2C=C(c3ccc(-n4c5ccccc5c5ccccc54)cc3)CC1COC2. The van der Waals surface area contributed by atoms with E-state index in [2.05, 4.69) is 132 Å². The number of nitrogens with zero attached hydrogens (tertiary/aromatic N) is 2. The zero-order chi connectivity index (χ0) is 29.9. The van der Waals surface area contributed by atoms with Crippen LogP contribution in [0, 0.1) is 0 Å². The molecule has 45 heavy (non-hydrogen) atoms. The van der Waals surface area contributed by atoms with Crippen LogP contribution in [0.5, 0.6) is 0 Å². The second-order valence-electron chi connectivity index (χ2n) is 12.3. The molecule has 3 heterocycles. The fraction of sp³-hybridized carbons (Fsp3) is 0.175. The summed E-state index contributed by atoms with van der Waals surface area (Å²) in [6.45, 7) is 1.31. The number of carbonyl (C=O) groups excluding carboxylic acids is 1. The summed E-state index contributed by atoms with van der Waals surface area (Å²) < 4.78 is 14.3. The van der Waals surface area contributed by atoms with Crippen molar-refractivity contribution in [3.63, 3.8) is 0 Å². The Kier molecular flexibility index (Phi) is 6.13. The number of morpholine rings is 1. The van der Waals surface area contributed by atoms with E-state index in [0.717, 1.165) is 12.1 Å². The first-order chi connectivity index (χ1) is 22.2. The second-order valence-corrected chi connectivity index (χ2v) is 12.3. The maximum atomic E-state index is 13.6. The van der Waals surface area contributed by atoms with Crippen LogP contribution in [0.1, 0.15) is 29.0 Å². The summed E-state index contributed by atoms with van der Waals surface area (Å²) in [6, 6.07) is 42.7. The molecule has 2 aliphatic heterocycles. The molecular weight excluding hydrogens is 556 g/mol. The molecule has 220 valence electrons. The van der Waals surface area contributed by atoms with E-state index in [0.29, 0.717) is 19.8 Å². The van der Waals surface area contributed by atoms with Crippen LogP contribution in [0.3, 0.4) is 0 Å². The van der Waals surface area contributed by atoms with Crippen molar-refractivity contribution in [3.05, 3.63) is 144 Å². The molecule has 1 aliphatic carbocycles. The predicted molar refractivity (Wildman–Crippen MR) is 179 cm³/mol. The van der Waals surface area contributed by atoms with Crippen LogP contribution in [-0.4, -0.2) is 47.5 Å². The first-order valence-corrected chi connectivity index (χ1v) is 15.8. The summed E-state index contributed by atoms with van der Waals surface area (Å²) in [5, 5.41) is 2.52. The molecule has 0 N–H and O–H groups in total. The molecule has 5 nitrogen and oxygen atoms in total. The lowest BCUT2D eigenvalue weighted by molar-refractivity contribution is -0.0331. The topological polar surface area (TPSA) is 43.7 Å². The quantitative estimate of drug-likeness (QED) is 0.207. The number of fused-ring (bicyclic) bond motifs is 8. The molecular formula is C40H32N2O3. The van der Waals surface area contributed by atoms with Gasteiger partial charge < -0.3 is 14.0 Å². The minimum atomic E-state index is -0.257. The summed E-state index contributed by atoms with van der Waals surface area (Å²) in [7, 11) is 0. The number of hydrogen-bond acceptors (Lipinski definition) is 3. The molecule has 2 atom stereocenters. The zero-order valence-corrected chi connectivity index (χ0v) is 24.8. The van der Waals surface area contributed by atoms with Gasteiger partial charge in [0.25, 0.3) is 0 Å². The smallest absolute Gasteiger partial charge is 0.410 e. The monoisotopic (exact) mass is 588 g/mol. The normalized spacial score (nSPS) is 18.9. The average molecular weight is 589 g/mol. The molecule has 1 aromatic heterocycles. The highest BCUT2D eigenvalue weighted by Gasteiger charge is 2.40. The van der Waals surface area contributed by atoms with E-state index >= 15 is 0 Å². The van der Waals surface area contributed by atoms with E-state index in [4.69, 9.17) is 9.47 Å². The Morgan fingerprint density at radius 2 is 1.31 bits per heavy atom. The highest BCUT2D eigenvalue weighted by atomic mass is 16.6. The Labute approximate surface area is 261 Å². The Morgan fingerprint density at radius 3 is 1.96 bits per heavy atom. The molecule has 3 aliphatic rings. The predicted octanol–water partition coefficient (Wildman–Crippen LogP) is 8.59. The summed E-state index contributed by atoms with van der Waals surface area (Å²) in [5.74, 6) is 0.0430.